The molecular weight excluding hydrogens is 645 g/mol. The standard InChI is InChI=1S/C40H48N6O3S/c1-26(2)31-14-13-28(4)37(22-31)44-18-16-35-34(25-44)39(45-21-20-43(30(6)47)24-29(45)5)42-38(41-35)33-11-8-12-36-32(33)15-19-46(36)50(48,49)40(7)17-9-10-27(3)23-40/h8-15,17,19,22,26,29H,16,18,20-21,23-25H2,1-7H3/t29-,40?/m1/s1. The molecule has 10 heteroatoms. The first kappa shape index (κ1) is 34.0. The molecule has 9 nitrogen and oxygen atoms in total. The molecular formula is C40H48N6O3S. The Labute approximate surface area is 296 Å². The summed E-state index contributed by atoms with van der Waals surface area (Å²) < 4.78 is 28.7. The molecule has 0 bridgehead atoms. The fraction of sp³-hybridized carbons (Fsp3) is 0.425. The van der Waals surface area contributed by atoms with Crippen molar-refractivity contribution in [2.75, 3.05) is 36.0 Å². The van der Waals surface area contributed by atoms with Crippen molar-refractivity contribution in [3.63, 3.8) is 0 Å². The molecule has 1 aliphatic carbocycles. The second kappa shape index (κ2) is 12.7. The van der Waals surface area contributed by atoms with Gasteiger partial charge in [-0.25, -0.2) is 22.4 Å². The molecule has 3 aliphatic rings. The molecule has 7 rings (SSSR count). The van der Waals surface area contributed by atoms with Crippen molar-refractivity contribution < 1.29 is 13.2 Å². The Balaban J connectivity index is 1.33. The number of aryl methyl sites for hydroxylation is 1. The van der Waals surface area contributed by atoms with Gasteiger partial charge in [0.05, 0.1) is 11.2 Å². The summed E-state index contributed by atoms with van der Waals surface area (Å²) in [4.78, 5) is 29.6. The van der Waals surface area contributed by atoms with E-state index in [-0.39, 0.29) is 11.9 Å². The van der Waals surface area contributed by atoms with E-state index in [2.05, 4.69) is 55.7 Å². The van der Waals surface area contributed by atoms with Gasteiger partial charge in [0, 0.05) is 80.5 Å². The largest absolute Gasteiger partial charge is 0.366 e. The summed E-state index contributed by atoms with van der Waals surface area (Å²) in [6, 6.07) is 14.5. The van der Waals surface area contributed by atoms with Gasteiger partial charge in [-0.2, -0.15) is 0 Å². The second-order valence-electron chi connectivity index (χ2n) is 14.9. The predicted octanol–water partition coefficient (Wildman–Crippen LogP) is 6.99. The Hall–Kier alpha value is -4.44. The number of carbonyl (C=O) groups is 1. The van der Waals surface area contributed by atoms with Gasteiger partial charge in [0.25, 0.3) is 0 Å². The van der Waals surface area contributed by atoms with E-state index in [9.17, 15) is 13.2 Å². The maximum absolute atomic E-state index is 14.2. The van der Waals surface area contributed by atoms with Crippen LogP contribution in [0.4, 0.5) is 11.5 Å². The molecule has 1 saturated heterocycles. The van der Waals surface area contributed by atoms with Crippen LogP contribution in [0.3, 0.4) is 0 Å². The molecule has 50 heavy (non-hydrogen) atoms. The maximum atomic E-state index is 14.2. The Morgan fingerprint density at radius 2 is 1.84 bits per heavy atom. The number of amides is 1. The fourth-order valence-electron chi connectivity index (χ4n) is 7.88. The normalized spacial score (nSPS) is 21.2. The number of rotatable bonds is 6. The van der Waals surface area contributed by atoms with Gasteiger partial charge >= 0.3 is 0 Å². The number of fused-ring (bicyclic) bond motifs is 2. The highest BCUT2D eigenvalue weighted by Gasteiger charge is 2.40. The molecule has 0 radical (unpaired) electrons. The van der Waals surface area contributed by atoms with Gasteiger partial charge in [-0.1, -0.05) is 61.9 Å². The summed E-state index contributed by atoms with van der Waals surface area (Å²) in [6.07, 6.45) is 8.48. The van der Waals surface area contributed by atoms with Gasteiger partial charge in [-0.3, -0.25) is 4.79 Å². The summed E-state index contributed by atoms with van der Waals surface area (Å²) in [7, 11) is -3.78. The van der Waals surface area contributed by atoms with E-state index in [1.807, 2.05) is 48.2 Å². The zero-order valence-electron chi connectivity index (χ0n) is 30.3. The number of aromatic nitrogens is 3. The SMILES string of the molecule is CC(=O)N1CCN(c2nc(-c3cccc4c3ccn4S(=O)(=O)C3(C)C=CC=C(C)C3)nc3c2CN(c2cc(C(C)C)ccc2C)CC3)[C@H](C)C1. The molecule has 2 aromatic heterocycles. The van der Waals surface area contributed by atoms with E-state index in [1.54, 1.807) is 26.1 Å². The average Bonchev–Trinajstić information content (AvgIpc) is 3.53. The van der Waals surface area contributed by atoms with Crippen LogP contribution in [0, 0.1) is 6.92 Å². The van der Waals surface area contributed by atoms with Crippen LogP contribution in [0.5, 0.6) is 0 Å². The molecule has 2 aromatic carbocycles. The number of carbonyl (C=O) groups excluding carboxylic acids is 1. The lowest BCUT2D eigenvalue weighted by atomic mass is 9.96. The molecule has 262 valence electrons. The summed E-state index contributed by atoms with van der Waals surface area (Å²) >= 11 is 0. The van der Waals surface area contributed by atoms with Gasteiger partial charge < -0.3 is 14.7 Å². The topological polar surface area (TPSA) is 91.6 Å². The molecule has 1 fully saturated rings. The minimum absolute atomic E-state index is 0.0599. The Bertz CT molecular complexity index is 2170. The number of benzene rings is 2. The van der Waals surface area contributed by atoms with Crippen LogP contribution < -0.4 is 9.80 Å². The smallest absolute Gasteiger partial charge is 0.248 e. The van der Waals surface area contributed by atoms with E-state index in [1.165, 1.54) is 20.8 Å². The van der Waals surface area contributed by atoms with Crippen LogP contribution in [0.1, 0.15) is 76.3 Å². The maximum Gasteiger partial charge on any atom is 0.248 e. The van der Waals surface area contributed by atoms with Crippen LogP contribution in [-0.2, 0) is 27.8 Å². The minimum atomic E-state index is -3.78. The number of allylic oxidation sites excluding steroid dienone is 3. The summed E-state index contributed by atoms with van der Waals surface area (Å²) in [5.41, 5.74) is 8.39. The van der Waals surface area contributed by atoms with Crippen molar-refractivity contribution in [3.05, 3.63) is 94.8 Å². The molecule has 4 aromatic rings. The van der Waals surface area contributed by atoms with E-state index >= 15 is 0 Å². The zero-order chi connectivity index (χ0) is 35.5. The van der Waals surface area contributed by atoms with E-state index in [0.717, 1.165) is 46.6 Å². The van der Waals surface area contributed by atoms with Crippen molar-refractivity contribution >= 4 is 38.3 Å². The van der Waals surface area contributed by atoms with Crippen LogP contribution in [0.15, 0.2) is 72.5 Å². The molecule has 2 atom stereocenters. The molecule has 0 N–H and O–H groups in total. The summed E-state index contributed by atoms with van der Waals surface area (Å²) in [5.74, 6) is 2.01. The van der Waals surface area contributed by atoms with E-state index in [0.29, 0.717) is 49.9 Å². The van der Waals surface area contributed by atoms with Gasteiger partial charge in [0.2, 0.25) is 15.9 Å². The van der Waals surface area contributed by atoms with E-state index < -0.39 is 14.8 Å². The van der Waals surface area contributed by atoms with Gasteiger partial charge in [0.15, 0.2) is 5.82 Å². The third kappa shape index (κ3) is 5.81. The lowest BCUT2D eigenvalue weighted by Gasteiger charge is -2.42. The highest BCUT2D eigenvalue weighted by molar-refractivity contribution is 7.91. The number of hydrogen-bond acceptors (Lipinski definition) is 7. The summed E-state index contributed by atoms with van der Waals surface area (Å²) in [6.45, 7) is 17.6. The van der Waals surface area contributed by atoms with Crippen molar-refractivity contribution in [1.29, 1.82) is 0 Å². The lowest BCUT2D eigenvalue weighted by Crippen LogP contribution is -2.54. The van der Waals surface area contributed by atoms with Gasteiger partial charge in [-0.05, 0) is 69.4 Å². The van der Waals surface area contributed by atoms with Gasteiger partial charge in [-0.15, -0.1) is 0 Å². The zero-order valence-corrected chi connectivity index (χ0v) is 31.1. The fourth-order valence-corrected chi connectivity index (χ4v) is 9.63. The van der Waals surface area contributed by atoms with Crippen molar-refractivity contribution in [1.82, 2.24) is 18.8 Å². The summed E-state index contributed by atoms with van der Waals surface area (Å²) in [5, 5.41) is 0.797. The van der Waals surface area contributed by atoms with Crippen LogP contribution in [0.25, 0.3) is 22.3 Å². The number of hydrogen-bond donors (Lipinski definition) is 0. The lowest BCUT2D eigenvalue weighted by molar-refractivity contribution is -0.129. The molecule has 1 unspecified atom stereocenters. The minimum Gasteiger partial charge on any atom is -0.366 e. The average molecular weight is 693 g/mol. The third-order valence-electron chi connectivity index (χ3n) is 10.9. The molecule has 2 aliphatic heterocycles. The third-order valence-corrected chi connectivity index (χ3v) is 13.2. The number of anilines is 2. The predicted molar refractivity (Wildman–Crippen MR) is 202 cm³/mol. The quantitative estimate of drug-likeness (QED) is 0.215. The first-order valence-electron chi connectivity index (χ1n) is 17.8. The molecule has 0 spiro atoms. The van der Waals surface area contributed by atoms with Crippen molar-refractivity contribution in [2.24, 2.45) is 0 Å². The van der Waals surface area contributed by atoms with Crippen LogP contribution in [0.2, 0.25) is 0 Å². The Morgan fingerprint density at radius 1 is 1.04 bits per heavy atom. The van der Waals surface area contributed by atoms with Crippen LogP contribution >= 0.6 is 0 Å². The van der Waals surface area contributed by atoms with Gasteiger partial charge in [0.1, 0.15) is 10.6 Å². The molecule has 4 heterocycles. The first-order chi connectivity index (χ1) is 23.8. The van der Waals surface area contributed by atoms with Crippen molar-refractivity contribution in [3.8, 4) is 11.4 Å². The van der Waals surface area contributed by atoms with E-state index in [4.69, 9.17) is 9.97 Å². The number of piperazine rings is 1. The second-order valence-corrected chi connectivity index (χ2v) is 17.2. The monoisotopic (exact) mass is 692 g/mol. The first-order valence-corrected chi connectivity index (χ1v) is 19.2. The highest BCUT2D eigenvalue weighted by Crippen LogP contribution is 2.39. The Morgan fingerprint density at radius 3 is 2.56 bits per heavy atom. The highest BCUT2D eigenvalue weighted by atomic mass is 32.2. The number of nitrogens with zero attached hydrogens (tertiary/aromatic N) is 6. The molecule has 0 saturated carbocycles. The molecule has 1 amide bonds. The van der Waals surface area contributed by atoms with Crippen LogP contribution in [-0.4, -0.2) is 70.1 Å². The van der Waals surface area contributed by atoms with Crippen molar-refractivity contribution in [2.45, 2.75) is 84.6 Å². The Kier molecular flexibility index (Phi) is 8.65.